The average molecular weight is 258 g/mol. The summed E-state index contributed by atoms with van der Waals surface area (Å²) in [5.41, 5.74) is 4.25. The van der Waals surface area contributed by atoms with Crippen LogP contribution in [0.4, 0.5) is 0 Å². The normalized spacial score (nSPS) is 10.8. The maximum absolute atomic E-state index is 11.7. The molecule has 1 heterocycles. The van der Waals surface area contributed by atoms with E-state index in [4.69, 9.17) is 0 Å². The second kappa shape index (κ2) is 5.60. The van der Waals surface area contributed by atoms with E-state index in [9.17, 15) is 4.79 Å². The Morgan fingerprint density at radius 2 is 1.89 bits per heavy atom. The Hall–Kier alpha value is -1.94. The first-order chi connectivity index (χ1) is 8.65. The molecule has 92 valence electrons. The lowest BCUT2D eigenvalue weighted by Crippen LogP contribution is -2.17. The second-order valence-electron chi connectivity index (χ2n) is 4.01. The van der Waals surface area contributed by atoms with Gasteiger partial charge >= 0.3 is 0 Å². The monoisotopic (exact) mass is 258 g/mol. The van der Waals surface area contributed by atoms with Crippen LogP contribution >= 0.6 is 11.3 Å². The molecule has 18 heavy (non-hydrogen) atoms. The molecule has 0 saturated heterocycles. The maximum Gasteiger partial charge on any atom is 0.271 e. The number of thiophene rings is 1. The Kier molecular flexibility index (Phi) is 3.89. The van der Waals surface area contributed by atoms with Crippen LogP contribution in [-0.2, 0) is 0 Å². The Bertz CT molecular complexity index is 570. The summed E-state index contributed by atoms with van der Waals surface area (Å²) in [7, 11) is 0. The molecule has 0 unspecified atom stereocenters. The van der Waals surface area contributed by atoms with E-state index in [0.717, 1.165) is 10.4 Å². The molecule has 0 aliphatic rings. The molecule has 0 aliphatic carbocycles. The first-order valence-electron chi connectivity index (χ1n) is 5.61. The minimum Gasteiger partial charge on any atom is -0.267 e. The van der Waals surface area contributed by atoms with Gasteiger partial charge in [0.2, 0.25) is 0 Å². The molecule has 1 aromatic carbocycles. The van der Waals surface area contributed by atoms with Crippen LogP contribution in [0.15, 0.2) is 41.5 Å². The molecule has 0 fully saturated rings. The van der Waals surface area contributed by atoms with E-state index in [1.54, 1.807) is 29.7 Å². The van der Waals surface area contributed by atoms with Crippen molar-refractivity contribution in [3.63, 3.8) is 0 Å². The highest BCUT2D eigenvalue weighted by molar-refractivity contribution is 7.13. The third-order valence-electron chi connectivity index (χ3n) is 2.43. The molecule has 2 rings (SSSR count). The molecule has 2 aromatic rings. The lowest BCUT2D eigenvalue weighted by atomic mass is 10.1. The molecule has 1 aromatic heterocycles. The van der Waals surface area contributed by atoms with Gasteiger partial charge in [0.25, 0.3) is 5.91 Å². The van der Waals surface area contributed by atoms with Crippen molar-refractivity contribution in [3.05, 3.63) is 57.3 Å². The average Bonchev–Trinajstić information content (AvgIpc) is 2.76. The fraction of sp³-hybridized carbons (Fsp3) is 0.143. The summed E-state index contributed by atoms with van der Waals surface area (Å²) in [6, 6.07) is 11.4. The summed E-state index contributed by atoms with van der Waals surface area (Å²) in [5.74, 6) is -0.195. The number of benzene rings is 1. The summed E-state index contributed by atoms with van der Waals surface area (Å²) in [5, 5.41) is 3.94. The number of aryl methyl sites for hydroxylation is 2. The van der Waals surface area contributed by atoms with Crippen LogP contribution in [0.5, 0.6) is 0 Å². The van der Waals surface area contributed by atoms with Gasteiger partial charge in [-0.05, 0) is 38.1 Å². The summed E-state index contributed by atoms with van der Waals surface area (Å²) in [4.78, 5) is 14.0. The number of carbonyl (C=O) groups excluding carboxylic acids is 1. The van der Waals surface area contributed by atoms with Crippen LogP contribution in [0, 0.1) is 13.8 Å². The van der Waals surface area contributed by atoms with E-state index >= 15 is 0 Å². The van der Waals surface area contributed by atoms with E-state index in [-0.39, 0.29) is 5.91 Å². The molecule has 0 saturated carbocycles. The SMILES string of the molecule is Cc1ccc(C(=O)N/N=C\c2ccc(C)s2)cc1. The molecular weight excluding hydrogens is 244 g/mol. The number of rotatable bonds is 3. The maximum atomic E-state index is 11.7. The van der Waals surface area contributed by atoms with Gasteiger partial charge in [0, 0.05) is 15.3 Å². The number of nitrogens with one attached hydrogen (secondary N) is 1. The highest BCUT2D eigenvalue weighted by Crippen LogP contribution is 2.12. The molecule has 0 spiro atoms. The number of hydrazone groups is 1. The van der Waals surface area contributed by atoms with Crippen molar-refractivity contribution in [2.75, 3.05) is 0 Å². The van der Waals surface area contributed by atoms with Crippen molar-refractivity contribution < 1.29 is 4.79 Å². The zero-order chi connectivity index (χ0) is 13.0. The van der Waals surface area contributed by atoms with E-state index in [1.165, 1.54) is 4.88 Å². The predicted molar refractivity (Wildman–Crippen MR) is 75.3 cm³/mol. The standard InChI is InChI=1S/C14H14N2OS/c1-10-3-6-12(7-4-10)14(17)16-15-9-13-8-5-11(2)18-13/h3-9H,1-2H3,(H,16,17)/b15-9-. The van der Waals surface area contributed by atoms with Gasteiger partial charge in [-0.25, -0.2) is 5.43 Å². The van der Waals surface area contributed by atoms with E-state index in [0.29, 0.717) is 5.56 Å². The Balaban J connectivity index is 1.96. The molecule has 4 heteroatoms. The third-order valence-corrected chi connectivity index (χ3v) is 3.37. The second-order valence-corrected chi connectivity index (χ2v) is 5.33. The topological polar surface area (TPSA) is 41.5 Å². The predicted octanol–water partition coefficient (Wildman–Crippen LogP) is 3.13. The first kappa shape index (κ1) is 12.5. The number of carbonyl (C=O) groups is 1. The Morgan fingerprint density at radius 1 is 1.17 bits per heavy atom. The fourth-order valence-corrected chi connectivity index (χ4v) is 2.20. The molecule has 0 bridgehead atoms. The minimum absolute atomic E-state index is 0.195. The molecule has 0 radical (unpaired) electrons. The van der Waals surface area contributed by atoms with E-state index in [2.05, 4.69) is 10.5 Å². The first-order valence-corrected chi connectivity index (χ1v) is 6.43. The number of amides is 1. The number of hydrogen-bond donors (Lipinski definition) is 1. The zero-order valence-corrected chi connectivity index (χ0v) is 11.1. The van der Waals surface area contributed by atoms with Crippen molar-refractivity contribution in [3.8, 4) is 0 Å². The summed E-state index contributed by atoms with van der Waals surface area (Å²) in [6.07, 6.45) is 1.66. The van der Waals surface area contributed by atoms with Crippen LogP contribution in [0.1, 0.15) is 25.7 Å². The summed E-state index contributed by atoms with van der Waals surface area (Å²) >= 11 is 1.64. The molecule has 0 aliphatic heterocycles. The van der Waals surface area contributed by atoms with Gasteiger partial charge in [0.05, 0.1) is 6.21 Å². The van der Waals surface area contributed by atoms with E-state index in [1.807, 2.05) is 38.1 Å². The van der Waals surface area contributed by atoms with Gasteiger partial charge < -0.3 is 0 Å². The molecular formula is C14H14N2OS. The zero-order valence-electron chi connectivity index (χ0n) is 10.3. The minimum atomic E-state index is -0.195. The van der Waals surface area contributed by atoms with Crippen LogP contribution in [0.2, 0.25) is 0 Å². The molecule has 1 N–H and O–H groups in total. The van der Waals surface area contributed by atoms with Gasteiger partial charge in [-0.1, -0.05) is 17.7 Å². The smallest absolute Gasteiger partial charge is 0.267 e. The third kappa shape index (κ3) is 3.28. The van der Waals surface area contributed by atoms with Gasteiger partial charge in [0.1, 0.15) is 0 Å². The molecule has 3 nitrogen and oxygen atoms in total. The van der Waals surface area contributed by atoms with Crippen molar-refractivity contribution >= 4 is 23.5 Å². The van der Waals surface area contributed by atoms with Crippen molar-refractivity contribution in [1.29, 1.82) is 0 Å². The number of nitrogens with zero attached hydrogens (tertiary/aromatic N) is 1. The van der Waals surface area contributed by atoms with Gasteiger partial charge in [0.15, 0.2) is 0 Å². The van der Waals surface area contributed by atoms with Gasteiger partial charge in [-0.15, -0.1) is 11.3 Å². The highest BCUT2D eigenvalue weighted by Gasteiger charge is 2.02. The van der Waals surface area contributed by atoms with Gasteiger partial charge in [-0.2, -0.15) is 5.10 Å². The van der Waals surface area contributed by atoms with Crippen LogP contribution in [-0.4, -0.2) is 12.1 Å². The lowest BCUT2D eigenvalue weighted by Gasteiger charge is -1.99. The molecule has 1 amide bonds. The van der Waals surface area contributed by atoms with Crippen LogP contribution in [0.3, 0.4) is 0 Å². The summed E-state index contributed by atoms with van der Waals surface area (Å²) < 4.78 is 0. The lowest BCUT2D eigenvalue weighted by molar-refractivity contribution is 0.0955. The van der Waals surface area contributed by atoms with Crippen molar-refractivity contribution in [1.82, 2.24) is 5.43 Å². The van der Waals surface area contributed by atoms with E-state index < -0.39 is 0 Å². The van der Waals surface area contributed by atoms with Crippen molar-refractivity contribution in [2.24, 2.45) is 5.10 Å². The Morgan fingerprint density at radius 3 is 2.50 bits per heavy atom. The highest BCUT2D eigenvalue weighted by atomic mass is 32.1. The quantitative estimate of drug-likeness (QED) is 0.667. The Labute approximate surface area is 110 Å². The number of hydrogen-bond acceptors (Lipinski definition) is 3. The van der Waals surface area contributed by atoms with Crippen LogP contribution < -0.4 is 5.43 Å². The summed E-state index contributed by atoms with van der Waals surface area (Å²) in [6.45, 7) is 4.02. The van der Waals surface area contributed by atoms with Gasteiger partial charge in [-0.3, -0.25) is 4.79 Å². The largest absolute Gasteiger partial charge is 0.271 e. The molecule has 0 atom stereocenters. The fourth-order valence-electron chi connectivity index (χ4n) is 1.45. The van der Waals surface area contributed by atoms with Crippen molar-refractivity contribution in [2.45, 2.75) is 13.8 Å². The van der Waals surface area contributed by atoms with Crippen LogP contribution in [0.25, 0.3) is 0 Å².